The van der Waals surface area contributed by atoms with Gasteiger partial charge in [0, 0.05) is 26.9 Å². The Labute approximate surface area is 379 Å². The first kappa shape index (κ1) is 58.1. The summed E-state index contributed by atoms with van der Waals surface area (Å²) in [7, 11) is 1.73. The first-order valence-electron chi connectivity index (χ1n) is 26.6. The van der Waals surface area contributed by atoms with Gasteiger partial charge in [0.2, 0.25) is 0 Å². The largest absolute Gasteiger partial charge is 0.447 e. The zero-order chi connectivity index (χ0) is 44.5. The van der Waals surface area contributed by atoms with Crippen LogP contribution in [0.4, 0.5) is 4.79 Å². The monoisotopic (exact) mass is 868 g/mol. The Hall–Kier alpha value is -0.930. The number of ether oxygens (including phenoxy) is 6. The molecule has 0 bridgehead atoms. The maximum Gasteiger partial charge on any atom is 0.407 e. The van der Waals surface area contributed by atoms with Crippen LogP contribution in [0.3, 0.4) is 0 Å². The van der Waals surface area contributed by atoms with Gasteiger partial charge >= 0.3 is 6.09 Å². The number of nitrogens with one attached hydrogen (secondary N) is 1. The number of rotatable bonds is 46. The SMILES string of the molecule is CCCCCCCCCCCCCCCCCCOC1COC(COC(=O)NCCC(C)(C)OCCC(C)(C)OC)C1OCCCCCCCCCCCCCCCCCC. The van der Waals surface area contributed by atoms with Crippen molar-refractivity contribution in [2.24, 2.45) is 0 Å². The average Bonchev–Trinajstić information content (AvgIpc) is 3.62. The van der Waals surface area contributed by atoms with Gasteiger partial charge in [-0.15, -0.1) is 0 Å². The van der Waals surface area contributed by atoms with Crippen LogP contribution in [0.15, 0.2) is 0 Å². The van der Waals surface area contributed by atoms with Crippen molar-refractivity contribution in [3.05, 3.63) is 0 Å². The Kier molecular flexibility index (Phi) is 38.6. The van der Waals surface area contributed by atoms with Gasteiger partial charge in [0.15, 0.2) is 0 Å². The van der Waals surface area contributed by atoms with Crippen LogP contribution in [-0.2, 0) is 28.4 Å². The minimum absolute atomic E-state index is 0.130. The van der Waals surface area contributed by atoms with E-state index in [-0.39, 0.29) is 36.1 Å². The fourth-order valence-electron chi connectivity index (χ4n) is 8.32. The van der Waals surface area contributed by atoms with Crippen molar-refractivity contribution in [3.8, 4) is 0 Å². The van der Waals surface area contributed by atoms with Gasteiger partial charge in [-0.25, -0.2) is 4.79 Å². The first-order chi connectivity index (χ1) is 29.6. The quantitative estimate of drug-likeness (QED) is 0.0610. The minimum Gasteiger partial charge on any atom is -0.447 e. The molecule has 3 unspecified atom stereocenters. The molecule has 1 heterocycles. The summed E-state index contributed by atoms with van der Waals surface area (Å²) in [5, 5.41) is 2.90. The molecule has 0 radical (unpaired) electrons. The van der Waals surface area contributed by atoms with Crippen LogP contribution in [0.25, 0.3) is 0 Å². The maximum absolute atomic E-state index is 12.7. The standard InChI is InChI=1S/C53H105NO7/c1-8-10-12-14-16-18-20-22-24-26-28-30-32-34-36-38-43-57-48-46-59-49(47-60-51(55)54-42-40-53(5,6)61-45-41-52(3,4)56-7)50(48)58-44-39-37-35-33-31-29-27-25-23-21-19-17-15-13-11-9-2/h48-50H,8-47H2,1-7H3,(H,54,55). The smallest absolute Gasteiger partial charge is 0.407 e. The fourth-order valence-corrected chi connectivity index (χ4v) is 8.32. The molecule has 1 saturated heterocycles. The molecule has 1 aliphatic heterocycles. The summed E-state index contributed by atoms with van der Waals surface area (Å²) in [6.45, 7) is 15.9. The van der Waals surface area contributed by atoms with Crippen molar-refractivity contribution >= 4 is 6.09 Å². The van der Waals surface area contributed by atoms with Crippen molar-refractivity contribution in [2.45, 2.75) is 289 Å². The predicted molar refractivity (Wildman–Crippen MR) is 258 cm³/mol. The van der Waals surface area contributed by atoms with Crippen LogP contribution in [0.1, 0.15) is 260 Å². The van der Waals surface area contributed by atoms with E-state index >= 15 is 0 Å². The number of carbonyl (C=O) groups excluding carboxylic acids is 1. The number of carbonyl (C=O) groups is 1. The van der Waals surface area contributed by atoms with Crippen LogP contribution in [0.2, 0.25) is 0 Å². The Balaban J connectivity index is 2.33. The number of hydrogen-bond acceptors (Lipinski definition) is 7. The second-order valence-corrected chi connectivity index (χ2v) is 19.8. The van der Waals surface area contributed by atoms with E-state index in [0.717, 1.165) is 25.9 Å². The van der Waals surface area contributed by atoms with Gasteiger partial charge in [0.25, 0.3) is 0 Å². The molecule has 1 rings (SSSR count). The summed E-state index contributed by atoms with van der Waals surface area (Å²) in [5.74, 6) is 0. The summed E-state index contributed by atoms with van der Waals surface area (Å²) in [4.78, 5) is 12.7. The minimum atomic E-state index is -0.436. The van der Waals surface area contributed by atoms with Crippen molar-refractivity contribution in [3.63, 3.8) is 0 Å². The zero-order valence-corrected chi connectivity index (χ0v) is 41.9. The predicted octanol–water partition coefficient (Wildman–Crippen LogP) is 15.4. The van der Waals surface area contributed by atoms with Gasteiger partial charge in [0.05, 0.1) is 24.4 Å². The number of amides is 1. The lowest BCUT2D eigenvalue weighted by atomic mass is 10.0. The third-order valence-corrected chi connectivity index (χ3v) is 13.0. The molecule has 61 heavy (non-hydrogen) atoms. The molecule has 1 amide bonds. The summed E-state index contributed by atoms with van der Waals surface area (Å²) in [6.07, 6.45) is 43.7. The molecule has 0 spiro atoms. The van der Waals surface area contributed by atoms with Crippen molar-refractivity contribution in [2.75, 3.05) is 46.7 Å². The average molecular weight is 868 g/mol. The highest BCUT2D eigenvalue weighted by molar-refractivity contribution is 5.67. The highest BCUT2D eigenvalue weighted by Crippen LogP contribution is 2.24. The lowest BCUT2D eigenvalue weighted by molar-refractivity contribution is -0.0731. The molecule has 8 nitrogen and oxygen atoms in total. The van der Waals surface area contributed by atoms with E-state index in [2.05, 4.69) is 33.0 Å². The van der Waals surface area contributed by atoms with Crippen LogP contribution in [-0.4, -0.2) is 82.3 Å². The molecule has 0 aromatic rings. The summed E-state index contributed by atoms with van der Waals surface area (Å²) in [6, 6.07) is 0. The van der Waals surface area contributed by atoms with Gasteiger partial charge in [-0.2, -0.15) is 0 Å². The van der Waals surface area contributed by atoms with E-state index in [0.29, 0.717) is 32.8 Å². The van der Waals surface area contributed by atoms with Crippen molar-refractivity contribution < 1.29 is 33.2 Å². The molecule has 364 valence electrons. The van der Waals surface area contributed by atoms with Crippen molar-refractivity contribution in [1.29, 1.82) is 0 Å². The second kappa shape index (κ2) is 40.6. The normalized spacial score (nSPS) is 17.1. The third kappa shape index (κ3) is 36.0. The van der Waals surface area contributed by atoms with E-state index < -0.39 is 6.09 Å². The van der Waals surface area contributed by atoms with Crippen LogP contribution in [0, 0.1) is 0 Å². The van der Waals surface area contributed by atoms with Gasteiger partial charge in [0.1, 0.15) is 24.9 Å². The van der Waals surface area contributed by atoms with Crippen LogP contribution >= 0.6 is 0 Å². The molecule has 1 N–H and O–H groups in total. The molecule has 0 aromatic carbocycles. The lowest BCUT2D eigenvalue weighted by Crippen LogP contribution is -2.40. The molecular weight excluding hydrogens is 763 g/mol. The number of methoxy groups -OCH3 is 1. The van der Waals surface area contributed by atoms with E-state index in [4.69, 9.17) is 28.4 Å². The van der Waals surface area contributed by atoms with E-state index in [1.54, 1.807) is 7.11 Å². The molecule has 0 aliphatic carbocycles. The maximum atomic E-state index is 12.7. The second-order valence-electron chi connectivity index (χ2n) is 19.8. The summed E-state index contributed by atoms with van der Waals surface area (Å²) < 4.78 is 36.3. The Morgan fingerprint density at radius 3 is 1.33 bits per heavy atom. The van der Waals surface area contributed by atoms with Crippen LogP contribution in [0.5, 0.6) is 0 Å². The highest BCUT2D eigenvalue weighted by atomic mass is 16.6. The Morgan fingerprint density at radius 1 is 0.525 bits per heavy atom. The molecule has 1 fully saturated rings. The molecule has 0 aromatic heterocycles. The fraction of sp³-hybridized carbons (Fsp3) is 0.981. The van der Waals surface area contributed by atoms with Gasteiger partial charge in [-0.3, -0.25) is 0 Å². The van der Waals surface area contributed by atoms with Gasteiger partial charge in [-0.1, -0.05) is 206 Å². The molecule has 3 atom stereocenters. The van der Waals surface area contributed by atoms with E-state index in [1.807, 2.05) is 13.8 Å². The Morgan fingerprint density at radius 2 is 0.918 bits per heavy atom. The van der Waals surface area contributed by atoms with Crippen molar-refractivity contribution in [1.82, 2.24) is 5.32 Å². The summed E-state index contributed by atoms with van der Waals surface area (Å²) >= 11 is 0. The third-order valence-electron chi connectivity index (χ3n) is 13.0. The highest BCUT2D eigenvalue weighted by Gasteiger charge is 2.39. The van der Waals surface area contributed by atoms with Gasteiger partial charge < -0.3 is 33.7 Å². The number of unbranched alkanes of at least 4 members (excludes halogenated alkanes) is 30. The van der Waals surface area contributed by atoms with E-state index in [9.17, 15) is 4.79 Å². The first-order valence-corrected chi connectivity index (χ1v) is 26.6. The van der Waals surface area contributed by atoms with Gasteiger partial charge in [-0.05, 0) is 53.4 Å². The number of hydrogen-bond donors (Lipinski definition) is 1. The van der Waals surface area contributed by atoms with Crippen LogP contribution < -0.4 is 5.32 Å². The zero-order valence-electron chi connectivity index (χ0n) is 41.9. The topological polar surface area (TPSA) is 84.5 Å². The summed E-state index contributed by atoms with van der Waals surface area (Å²) in [5.41, 5.74) is -0.586. The molecule has 8 heteroatoms. The molecule has 0 saturated carbocycles. The van der Waals surface area contributed by atoms with E-state index in [1.165, 1.54) is 193 Å². The lowest BCUT2D eigenvalue weighted by Gasteiger charge is -2.29. The molecular formula is C53H105NO7. The Bertz CT molecular complexity index is 946. The number of alkyl carbamates (subject to hydrolysis) is 1. The molecule has 1 aliphatic rings.